The fourth-order valence-electron chi connectivity index (χ4n) is 2.37. The molecule has 4 heteroatoms. The zero-order chi connectivity index (χ0) is 13.2. The van der Waals surface area contributed by atoms with Crippen molar-refractivity contribution in [1.29, 1.82) is 0 Å². The van der Waals surface area contributed by atoms with Gasteiger partial charge in [0.05, 0.1) is 12.8 Å². The van der Waals surface area contributed by atoms with E-state index in [1.165, 1.54) is 25.0 Å². The Balaban J connectivity index is 1.91. The predicted octanol–water partition coefficient (Wildman–Crippen LogP) is 3.05. The van der Waals surface area contributed by atoms with Crippen LogP contribution in [0.25, 0.3) is 0 Å². The molecule has 1 fully saturated rings. The second kappa shape index (κ2) is 5.05. The van der Waals surface area contributed by atoms with Crippen LogP contribution in [0.1, 0.15) is 24.2 Å². The van der Waals surface area contributed by atoms with Gasteiger partial charge in [-0.3, -0.25) is 0 Å². The van der Waals surface area contributed by atoms with Gasteiger partial charge >= 0.3 is 0 Å². The van der Waals surface area contributed by atoms with Gasteiger partial charge in [-0.25, -0.2) is 4.39 Å². The molecule has 0 atom stereocenters. The number of nitrogens with two attached hydrogens (primary N) is 1. The van der Waals surface area contributed by atoms with Gasteiger partial charge in [0.15, 0.2) is 0 Å². The van der Waals surface area contributed by atoms with Crippen molar-refractivity contribution in [3.8, 4) is 0 Å². The Bertz CT molecular complexity index is 549. The molecule has 1 aliphatic carbocycles. The molecule has 1 saturated carbocycles. The summed E-state index contributed by atoms with van der Waals surface area (Å²) in [6, 6.07) is 9.19. The number of hydrogen-bond donors (Lipinski definition) is 1. The van der Waals surface area contributed by atoms with Gasteiger partial charge in [0, 0.05) is 18.3 Å². The van der Waals surface area contributed by atoms with E-state index in [4.69, 9.17) is 10.2 Å². The highest BCUT2D eigenvalue weighted by molar-refractivity contribution is 5.55. The monoisotopic (exact) mass is 260 g/mol. The first kappa shape index (κ1) is 12.2. The third-order valence-electron chi connectivity index (χ3n) is 3.46. The summed E-state index contributed by atoms with van der Waals surface area (Å²) in [6.07, 6.45) is 4.01. The van der Waals surface area contributed by atoms with Crippen LogP contribution in [0.4, 0.5) is 10.1 Å². The Kier molecular flexibility index (Phi) is 3.25. The molecule has 3 rings (SSSR count). The summed E-state index contributed by atoms with van der Waals surface area (Å²) in [4.78, 5) is 2.26. The highest BCUT2D eigenvalue weighted by atomic mass is 19.1. The molecule has 1 aromatic carbocycles. The molecule has 0 radical (unpaired) electrons. The standard InChI is InChI=1S/C15H17FN2O/c16-12-3-6-15(11(8-12)9-17)18(13-4-5-13)10-14-2-1-7-19-14/h1-3,6-8,13H,4-5,9-10,17H2. The number of halogens is 1. The zero-order valence-corrected chi connectivity index (χ0v) is 10.7. The normalized spacial score (nSPS) is 14.6. The minimum Gasteiger partial charge on any atom is -0.467 e. The fraction of sp³-hybridized carbons (Fsp3) is 0.333. The van der Waals surface area contributed by atoms with Crippen LogP contribution in [0.15, 0.2) is 41.0 Å². The van der Waals surface area contributed by atoms with Gasteiger partial charge in [0.1, 0.15) is 11.6 Å². The van der Waals surface area contributed by atoms with Crippen molar-refractivity contribution in [2.45, 2.75) is 32.0 Å². The van der Waals surface area contributed by atoms with Gasteiger partial charge < -0.3 is 15.1 Å². The number of rotatable bonds is 5. The maximum Gasteiger partial charge on any atom is 0.123 e. The molecule has 2 aromatic rings. The van der Waals surface area contributed by atoms with Gasteiger partial charge in [-0.15, -0.1) is 0 Å². The van der Waals surface area contributed by atoms with Crippen LogP contribution < -0.4 is 10.6 Å². The van der Waals surface area contributed by atoms with Gasteiger partial charge in [0.25, 0.3) is 0 Å². The lowest BCUT2D eigenvalue weighted by Gasteiger charge is -2.26. The van der Waals surface area contributed by atoms with E-state index < -0.39 is 0 Å². The SMILES string of the molecule is NCc1cc(F)ccc1N(Cc1ccco1)C1CC1. The van der Waals surface area contributed by atoms with Crippen molar-refractivity contribution in [2.75, 3.05) is 4.90 Å². The van der Waals surface area contributed by atoms with Crippen LogP contribution in [0.5, 0.6) is 0 Å². The lowest BCUT2D eigenvalue weighted by atomic mass is 10.1. The minimum atomic E-state index is -0.238. The Morgan fingerprint density at radius 2 is 2.16 bits per heavy atom. The molecule has 0 saturated heterocycles. The van der Waals surface area contributed by atoms with Crippen LogP contribution in [-0.2, 0) is 13.1 Å². The van der Waals surface area contributed by atoms with Crippen LogP contribution in [0.2, 0.25) is 0 Å². The number of benzene rings is 1. The molecule has 2 N–H and O–H groups in total. The van der Waals surface area contributed by atoms with E-state index >= 15 is 0 Å². The molecule has 1 aromatic heterocycles. The summed E-state index contributed by atoms with van der Waals surface area (Å²) >= 11 is 0. The van der Waals surface area contributed by atoms with Crippen LogP contribution in [-0.4, -0.2) is 6.04 Å². The summed E-state index contributed by atoms with van der Waals surface area (Å²) in [7, 11) is 0. The van der Waals surface area contributed by atoms with Crippen molar-refractivity contribution in [1.82, 2.24) is 0 Å². The minimum absolute atomic E-state index is 0.238. The first-order valence-electron chi connectivity index (χ1n) is 6.55. The Morgan fingerprint density at radius 3 is 2.79 bits per heavy atom. The lowest BCUT2D eigenvalue weighted by molar-refractivity contribution is 0.501. The second-order valence-electron chi connectivity index (χ2n) is 4.92. The Labute approximate surface area is 111 Å². The van der Waals surface area contributed by atoms with Crippen molar-refractivity contribution in [3.05, 3.63) is 53.7 Å². The first-order chi connectivity index (χ1) is 9.28. The number of anilines is 1. The molecular formula is C15H17FN2O. The lowest BCUT2D eigenvalue weighted by Crippen LogP contribution is -2.26. The number of hydrogen-bond acceptors (Lipinski definition) is 3. The average Bonchev–Trinajstić information content (AvgIpc) is 3.13. The Hall–Kier alpha value is -1.81. The van der Waals surface area contributed by atoms with Gasteiger partial charge in [0.2, 0.25) is 0 Å². The summed E-state index contributed by atoms with van der Waals surface area (Å²) in [5, 5.41) is 0. The fourth-order valence-corrected chi connectivity index (χ4v) is 2.37. The van der Waals surface area contributed by atoms with E-state index in [0.717, 1.165) is 17.0 Å². The summed E-state index contributed by atoms with van der Waals surface area (Å²) in [6.45, 7) is 1.05. The smallest absolute Gasteiger partial charge is 0.123 e. The molecule has 19 heavy (non-hydrogen) atoms. The molecule has 0 amide bonds. The molecule has 1 aliphatic rings. The molecule has 3 nitrogen and oxygen atoms in total. The molecule has 0 bridgehead atoms. The third kappa shape index (κ3) is 2.63. The van der Waals surface area contributed by atoms with Crippen molar-refractivity contribution in [3.63, 3.8) is 0 Å². The van der Waals surface area contributed by atoms with Crippen LogP contribution in [0.3, 0.4) is 0 Å². The molecule has 0 unspecified atom stereocenters. The van der Waals surface area contributed by atoms with Crippen LogP contribution in [0, 0.1) is 5.82 Å². The predicted molar refractivity (Wildman–Crippen MR) is 72.2 cm³/mol. The maximum atomic E-state index is 13.3. The van der Waals surface area contributed by atoms with E-state index in [2.05, 4.69) is 4.90 Å². The molecule has 0 aliphatic heterocycles. The summed E-state index contributed by atoms with van der Waals surface area (Å²) in [5.74, 6) is 0.678. The zero-order valence-electron chi connectivity index (χ0n) is 10.7. The van der Waals surface area contributed by atoms with E-state index in [0.29, 0.717) is 19.1 Å². The van der Waals surface area contributed by atoms with E-state index in [-0.39, 0.29) is 5.82 Å². The maximum absolute atomic E-state index is 13.3. The van der Waals surface area contributed by atoms with Crippen molar-refractivity contribution < 1.29 is 8.81 Å². The number of furan rings is 1. The Morgan fingerprint density at radius 1 is 1.32 bits per heavy atom. The van der Waals surface area contributed by atoms with Gasteiger partial charge in [-0.05, 0) is 48.7 Å². The molecular weight excluding hydrogens is 243 g/mol. The quantitative estimate of drug-likeness (QED) is 0.898. The van der Waals surface area contributed by atoms with Crippen molar-refractivity contribution >= 4 is 5.69 Å². The van der Waals surface area contributed by atoms with E-state index in [1.54, 1.807) is 6.26 Å². The first-order valence-corrected chi connectivity index (χ1v) is 6.55. The van der Waals surface area contributed by atoms with E-state index in [9.17, 15) is 4.39 Å². The van der Waals surface area contributed by atoms with Crippen molar-refractivity contribution in [2.24, 2.45) is 5.73 Å². The largest absolute Gasteiger partial charge is 0.467 e. The summed E-state index contributed by atoms with van der Waals surface area (Å²) in [5.41, 5.74) is 7.60. The molecule has 1 heterocycles. The summed E-state index contributed by atoms with van der Waals surface area (Å²) < 4.78 is 18.7. The molecule has 100 valence electrons. The average molecular weight is 260 g/mol. The highest BCUT2D eigenvalue weighted by Crippen LogP contribution is 2.35. The molecule has 0 spiro atoms. The second-order valence-corrected chi connectivity index (χ2v) is 4.92. The topological polar surface area (TPSA) is 42.4 Å². The van der Waals surface area contributed by atoms with Gasteiger partial charge in [-0.1, -0.05) is 0 Å². The van der Waals surface area contributed by atoms with E-state index in [1.807, 2.05) is 18.2 Å². The third-order valence-corrected chi connectivity index (χ3v) is 3.46. The number of nitrogens with zero attached hydrogens (tertiary/aromatic N) is 1. The van der Waals surface area contributed by atoms with Gasteiger partial charge in [-0.2, -0.15) is 0 Å². The highest BCUT2D eigenvalue weighted by Gasteiger charge is 2.30. The van der Waals surface area contributed by atoms with Crippen LogP contribution >= 0.6 is 0 Å².